The van der Waals surface area contributed by atoms with E-state index in [1.165, 1.54) is 6.07 Å². The second-order valence-electron chi connectivity index (χ2n) is 5.58. The largest absolute Gasteiger partial charge is 0.358 e. The zero-order chi connectivity index (χ0) is 15.0. The third-order valence-corrected chi connectivity index (χ3v) is 4.08. The Morgan fingerprint density at radius 3 is 2.90 bits per heavy atom. The first-order chi connectivity index (χ1) is 10.00. The van der Waals surface area contributed by atoms with E-state index in [1.807, 2.05) is 6.07 Å². The van der Waals surface area contributed by atoms with Gasteiger partial charge >= 0.3 is 0 Å². The fourth-order valence-electron chi connectivity index (χ4n) is 3.08. The smallest absolute Gasteiger partial charge is 0.248 e. The van der Waals surface area contributed by atoms with Gasteiger partial charge in [0.15, 0.2) is 5.43 Å². The average molecular weight is 288 g/mol. The molecule has 0 amide bonds. The number of rotatable bonds is 1. The molecule has 1 N–H and O–H groups in total. The molecule has 3 rings (SSSR count). The molecule has 1 aliphatic carbocycles. The molecular weight excluding hydrogens is 274 g/mol. The summed E-state index contributed by atoms with van der Waals surface area (Å²) < 4.78 is 27.1. The van der Waals surface area contributed by atoms with Gasteiger partial charge in [0.05, 0.1) is 22.5 Å². The number of aromatic amines is 1. The van der Waals surface area contributed by atoms with Crippen molar-refractivity contribution in [1.82, 2.24) is 4.98 Å². The lowest BCUT2D eigenvalue weighted by Crippen LogP contribution is -2.26. The SMILES string of the molecule is N#Cc1cccc2[nH]c([C@H]3CCCC(F)(F)C3)cc(=O)c12. The van der Waals surface area contributed by atoms with Crippen LogP contribution in [-0.2, 0) is 0 Å². The number of H-pyrrole nitrogens is 1. The number of hydrogen-bond donors (Lipinski definition) is 1. The van der Waals surface area contributed by atoms with E-state index < -0.39 is 5.92 Å². The first-order valence-corrected chi connectivity index (χ1v) is 6.94. The molecule has 21 heavy (non-hydrogen) atoms. The van der Waals surface area contributed by atoms with Gasteiger partial charge in [0.2, 0.25) is 5.92 Å². The minimum Gasteiger partial charge on any atom is -0.358 e. The highest BCUT2D eigenvalue weighted by Crippen LogP contribution is 2.41. The van der Waals surface area contributed by atoms with Gasteiger partial charge in [-0.15, -0.1) is 0 Å². The van der Waals surface area contributed by atoms with Crippen LogP contribution in [0.1, 0.15) is 42.9 Å². The van der Waals surface area contributed by atoms with Crippen molar-refractivity contribution < 1.29 is 8.78 Å². The Morgan fingerprint density at radius 2 is 2.19 bits per heavy atom. The zero-order valence-corrected chi connectivity index (χ0v) is 11.3. The zero-order valence-electron chi connectivity index (χ0n) is 11.3. The van der Waals surface area contributed by atoms with Crippen molar-refractivity contribution in [3.05, 3.63) is 45.7 Å². The van der Waals surface area contributed by atoms with Crippen LogP contribution in [0.4, 0.5) is 8.78 Å². The van der Waals surface area contributed by atoms with Crippen LogP contribution in [0.3, 0.4) is 0 Å². The van der Waals surface area contributed by atoms with Gasteiger partial charge in [0, 0.05) is 30.5 Å². The van der Waals surface area contributed by atoms with E-state index in [4.69, 9.17) is 5.26 Å². The molecule has 0 aliphatic heterocycles. The molecule has 108 valence electrons. The molecule has 0 saturated heterocycles. The minimum absolute atomic E-state index is 0.0834. The lowest BCUT2D eigenvalue weighted by atomic mass is 9.84. The summed E-state index contributed by atoms with van der Waals surface area (Å²) in [7, 11) is 0. The maximum Gasteiger partial charge on any atom is 0.248 e. The monoisotopic (exact) mass is 288 g/mol. The van der Waals surface area contributed by atoms with Crippen molar-refractivity contribution >= 4 is 10.9 Å². The quantitative estimate of drug-likeness (QED) is 0.870. The maximum absolute atomic E-state index is 13.5. The second kappa shape index (κ2) is 4.96. The van der Waals surface area contributed by atoms with E-state index in [2.05, 4.69) is 4.98 Å². The molecule has 5 heteroatoms. The first-order valence-electron chi connectivity index (χ1n) is 6.94. The van der Waals surface area contributed by atoms with Crippen LogP contribution in [-0.4, -0.2) is 10.9 Å². The fraction of sp³-hybridized carbons (Fsp3) is 0.375. The van der Waals surface area contributed by atoms with Crippen LogP contribution in [0.15, 0.2) is 29.1 Å². The summed E-state index contributed by atoms with van der Waals surface area (Å²) >= 11 is 0. The number of aromatic nitrogens is 1. The molecule has 1 heterocycles. The molecule has 1 aliphatic rings. The van der Waals surface area contributed by atoms with Gasteiger partial charge in [-0.2, -0.15) is 5.26 Å². The molecule has 1 aromatic carbocycles. The van der Waals surface area contributed by atoms with E-state index in [-0.39, 0.29) is 24.2 Å². The minimum atomic E-state index is -2.66. The van der Waals surface area contributed by atoms with E-state index in [0.29, 0.717) is 35.0 Å². The third kappa shape index (κ3) is 2.54. The topological polar surface area (TPSA) is 56.6 Å². The number of nitriles is 1. The van der Waals surface area contributed by atoms with E-state index >= 15 is 0 Å². The number of benzene rings is 1. The molecule has 1 fully saturated rings. The molecule has 0 radical (unpaired) electrons. The van der Waals surface area contributed by atoms with Crippen molar-refractivity contribution in [2.75, 3.05) is 0 Å². The predicted molar refractivity (Wildman–Crippen MR) is 75.4 cm³/mol. The summed E-state index contributed by atoms with van der Waals surface area (Å²) in [5.41, 5.74) is 1.09. The third-order valence-electron chi connectivity index (χ3n) is 4.08. The molecule has 1 aromatic heterocycles. The number of pyridine rings is 1. The van der Waals surface area contributed by atoms with Gasteiger partial charge in [0.1, 0.15) is 0 Å². The molecule has 0 bridgehead atoms. The Kier molecular flexibility index (Phi) is 3.25. The number of halogens is 2. The Balaban J connectivity index is 2.10. The summed E-state index contributed by atoms with van der Waals surface area (Å²) in [5, 5.41) is 9.37. The van der Waals surface area contributed by atoms with Crippen LogP contribution >= 0.6 is 0 Å². The van der Waals surface area contributed by atoms with E-state index in [0.717, 1.165) is 0 Å². The Morgan fingerprint density at radius 1 is 1.38 bits per heavy atom. The Bertz CT molecular complexity index is 789. The molecule has 0 unspecified atom stereocenters. The van der Waals surface area contributed by atoms with Gasteiger partial charge in [0.25, 0.3) is 0 Å². The van der Waals surface area contributed by atoms with Gasteiger partial charge < -0.3 is 4.98 Å². The lowest BCUT2D eigenvalue weighted by molar-refractivity contribution is -0.0412. The number of nitrogens with zero attached hydrogens (tertiary/aromatic N) is 1. The molecule has 1 saturated carbocycles. The van der Waals surface area contributed by atoms with Crippen molar-refractivity contribution in [2.24, 2.45) is 0 Å². The molecule has 2 aromatic rings. The van der Waals surface area contributed by atoms with E-state index in [9.17, 15) is 13.6 Å². The summed E-state index contributed by atoms with van der Waals surface area (Å²) in [6.45, 7) is 0. The predicted octanol–water partition coefficient (Wildman–Crippen LogP) is 3.69. The average Bonchev–Trinajstić information content (AvgIpc) is 2.45. The van der Waals surface area contributed by atoms with Crippen LogP contribution in [0.5, 0.6) is 0 Å². The maximum atomic E-state index is 13.5. The Labute approximate surface area is 120 Å². The van der Waals surface area contributed by atoms with Gasteiger partial charge in [-0.3, -0.25) is 4.79 Å². The van der Waals surface area contributed by atoms with Crippen molar-refractivity contribution in [2.45, 2.75) is 37.5 Å². The summed E-state index contributed by atoms with van der Waals surface area (Å²) in [6.07, 6.45) is 0.789. The normalized spacial score (nSPS) is 21.1. The first kappa shape index (κ1) is 13.7. The highest BCUT2D eigenvalue weighted by Gasteiger charge is 2.37. The van der Waals surface area contributed by atoms with Crippen molar-refractivity contribution in [1.29, 1.82) is 5.26 Å². The molecule has 3 nitrogen and oxygen atoms in total. The van der Waals surface area contributed by atoms with Gasteiger partial charge in [-0.05, 0) is 25.0 Å². The number of nitrogens with one attached hydrogen (secondary N) is 1. The highest BCUT2D eigenvalue weighted by atomic mass is 19.3. The Hall–Kier alpha value is -2.22. The summed E-state index contributed by atoms with van der Waals surface area (Å²) in [5.74, 6) is -3.00. The van der Waals surface area contributed by atoms with Crippen LogP contribution in [0.25, 0.3) is 10.9 Å². The molecule has 0 spiro atoms. The fourth-order valence-corrected chi connectivity index (χ4v) is 3.08. The summed E-state index contributed by atoms with van der Waals surface area (Å²) in [6, 6.07) is 8.30. The molecular formula is C16H14F2N2O. The second-order valence-corrected chi connectivity index (χ2v) is 5.58. The standard InChI is InChI=1S/C16H14F2N2O/c17-16(18)6-2-4-10(8-16)13-7-14(21)15-11(9-19)3-1-5-12(15)20-13/h1,3,5,7,10H,2,4,6,8H2,(H,20,21)/t10-/m0/s1. The van der Waals surface area contributed by atoms with Crippen molar-refractivity contribution in [3.63, 3.8) is 0 Å². The number of fused-ring (bicyclic) bond motifs is 1. The highest BCUT2D eigenvalue weighted by molar-refractivity contribution is 5.84. The number of hydrogen-bond acceptors (Lipinski definition) is 2. The lowest BCUT2D eigenvalue weighted by Gasteiger charge is -2.29. The molecule has 1 atom stereocenters. The van der Waals surface area contributed by atoms with Crippen LogP contribution in [0.2, 0.25) is 0 Å². The van der Waals surface area contributed by atoms with Crippen LogP contribution < -0.4 is 5.43 Å². The number of alkyl halides is 2. The summed E-state index contributed by atoms with van der Waals surface area (Å²) in [4.78, 5) is 15.3. The van der Waals surface area contributed by atoms with Crippen LogP contribution in [0, 0.1) is 11.3 Å². The van der Waals surface area contributed by atoms with E-state index in [1.54, 1.807) is 18.2 Å². The van der Waals surface area contributed by atoms with Crippen molar-refractivity contribution in [3.8, 4) is 6.07 Å². The van der Waals surface area contributed by atoms with Gasteiger partial charge in [-0.1, -0.05) is 6.07 Å². The van der Waals surface area contributed by atoms with Gasteiger partial charge in [-0.25, -0.2) is 8.78 Å².